The van der Waals surface area contributed by atoms with Gasteiger partial charge in [0.2, 0.25) is 0 Å². The molecule has 0 aromatic carbocycles. The molecule has 0 amide bonds. The molecule has 0 spiro atoms. The maximum absolute atomic E-state index is 9.99. The third kappa shape index (κ3) is 11.5. The molecule has 166 valence electrons. The van der Waals surface area contributed by atoms with Crippen LogP contribution in [0.15, 0.2) is 12.2 Å². The Kier molecular flexibility index (Phi) is 15.9. The molecule has 1 saturated heterocycles. The Morgan fingerprint density at radius 1 is 0.821 bits per heavy atom. The Bertz CT molecular complexity index is 374. The fraction of sp³-hybridized carbons (Fsp3) is 0.913. The van der Waals surface area contributed by atoms with Crippen molar-refractivity contribution in [1.29, 1.82) is 0 Å². The van der Waals surface area contributed by atoms with Crippen LogP contribution < -0.4 is 0 Å². The first kappa shape index (κ1) is 25.6. The Morgan fingerprint density at radius 2 is 1.39 bits per heavy atom. The first-order valence-electron chi connectivity index (χ1n) is 11.6. The molecular formula is C23H44O5. The molecule has 3 N–H and O–H groups in total. The van der Waals surface area contributed by atoms with Crippen molar-refractivity contribution in [2.45, 2.75) is 115 Å². The van der Waals surface area contributed by atoms with Gasteiger partial charge in [-0.3, -0.25) is 0 Å². The van der Waals surface area contributed by atoms with E-state index in [1.807, 2.05) is 0 Å². The normalized spacial score (nSPS) is 25.6. The van der Waals surface area contributed by atoms with Crippen LogP contribution in [0, 0.1) is 0 Å². The fourth-order valence-electron chi connectivity index (χ4n) is 3.57. The van der Waals surface area contributed by atoms with Crippen molar-refractivity contribution >= 4 is 0 Å². The summed E-state index contributed by atoms with van der Waals surface area (Å²) in [6.45, 7) is 2.75. The van der Waals surface area contributed by atoms with Gasteiger partial charge in [-0.15, -0.1) is 0 Å². The van der Waals surface area contributed by atoms with Crippen LogP contribution in [-0.4, -0.2) is 59.6 Å². The molecule has 28 heavy (non-hydrogen) atoms. The summed E-state index contributed by atoms with van der Waals surface area (Å²) in [6, 6.07) is 0. The molecule has 0 unspecified atom stereocenters. The topological polar surface area (TPSA) is 79.2 Å². The highest BCUT2D eigenvalue weighted by atomic mass is 16.6. The van der Waals surface area contributed by atoms with Crippen LogP contribution in [0.2, 0.25) is 0 Å². The van der Waals surface area contributed by atoms with Gasteiger partial charge < -0.3 is 24.8 Å². The van der Waals surface area contributed by atoms with Crippen molar-refractivity contribution in [1.82, 2.24) is 0 Å². The van der Waals surface area contributed by atoms with Crippen molar-refractivity contribution in [2.75, 3.05) is 19.8 Å². The van der Waals surface area contributed by atoms with Crippen molar-refractivity contribution in [3.05, 3.63) is 12.2 Å². The average molecular weight is 401 g/mol. The SMILES string of the molecule is CCCCCCCC/C=C/CCCCCCCO[C@H]1CO[C@H](CO)[C@@H](O)[C@@H]1O. The number of aliphatic hydroxyl groups is 3. The summed E-state index contributed by atoms with van der Waals surface area (Å²) in [5.41, 5.74) is 0. The smallest absolute Gasteiger partial charge is 0.111 e. The zero-order valence-corrected chi connectivity index (χ0v) is 17.9. The third-order valence-electron chi connectivity index (χ3n) is 5.50. The molecule has 1 heterocycles. The first-order valence-corrected chi connectivity index (χ1v) is 11.6. The molecule has 1 rings (SSSR count). The lowest BCUT2D eigenvalue weighted by Crippen LogP contribution is -2.55. The van der Waals surface area contributed by atoms with E-state index in [1.54, 1.807) is 0 Å². The van der Waals surface area contributed by atoms with Crippen LogP contribution in [-0.2, 0) is 9.47 Å². The molecule has 0 saturated carbocycles. The number of hydrogen-bond donors (Lipinski definition) is 3. The summed E-state index contributed by atoms with van der Waals surface area (Å²) in [7, 11) is 0. The van der Waals surface area contributed by atoms with Crippen molar-refractivity contribution in [2.24, 2.45) is 0 Å². The first-order chi connectivity index (χ1) is 13.7. The minimum absolute atomic E-state index is 0.217. The van der Waals surface area contributed by atoms with E-state index in [9.17, 15) is 10.2 Å². The molecule has 5 heteroatoms. The van der Waals surface area contributed by atoms with Gasteiger partial charge in [-0.2, -0.15) is 0 Å². The second-order valence-electron chi connectivity index (χ2n) is 8.03. The highest BCUT2D eigenvalue weighted by Crippen LogP contribution is 2.18. The second kappa shape index (κ2) is 17.4. The summed E-state index contributed by atoms with van der Waals surface area (Å²) >= 11 is 0. The Hall–Kier alpha value is -0.460. The Morgan fingerprint density at radius 3 is 2.00 bits per heavy atom. The van der Waals surface area contributed by atoms with E-state index in [0.29, 0.717) is 6.61 Å². The predicted octanol–water partition coefficient (Wildman–Crippen LogP) is 4.13. The average Bonchev–Trinajstić information content (AvgIpc) is 2.70. The fourth-order valence-corrected chi connectivity index (χ4v) is 3.57. The maximum Gasteiger partial charge on any atom is 0.111 e. The summed E-state index contributed by atoms with van der Waals surface area (Å²) in [5.74, 6) is 0. The minimum atomic E-state index is -1.09. The van der Waals surface area contributed by atoms with Gasteiger partial charge in [0.25, 0.3) is 0 Å². The van der Waals surface area contributed by atoms with Crippen LogP contribution in [0.3, 0.4) is 0 Å². The predicted molar refractivity (Wildman–Crippen MR) is 113 cm³/mol. The zero-order valence-electron chi connectivity index (χ0n) is 17.9. The van der Waals surface area contributed by atoms with Gasteiger partial charge in [0.05, 0.1) is 13.2 Å². The van der Waals surface area contributed by atoms with Crippen molar-refractivity contribution in [3.63, 3.8) is 0 Å². The molecule has 1 aliphatic heterocycles. The molecule has 1 aliphatic rings. The molecule has 0 radical (unpaired) electrons. The van der Waals surface area contributed by atoms with Crippen LogP contribution in [0.4, 0.5) is 0 Å². The standard InChI is InChI=1S/C23H44O5/c1-2-3-4-5-6-7-8-9-10-11-12-13-14-15-16-17-27-21-19-28-20(18-24)22(25)23(21)26/h9-10,20-26H,2-8,11-19H2,1H3/b10-9+/t20-,21+,22-,23-/m1/s1. The van der Waals surface area contributed by atoms with Crippen molar-refractivity contribution in [3.8, 4) is 0 Å². The maximum atomic E-state index is 9.99. The molecular weight excluding hydrogens is 356 g/mol. The third-order valence-corrected chi connectivity index (χ3v) is 5.50. The number of allylic oxidation sites excluding steroid dienone is 2. The molecule has 0 aromatic heterocycles. The summed E-state index contributed by atoms with van der Waals surface area (Å²) in [5, 5.41) is 28.9. The van der Waals surface area contributed by atoms with Gasteiger partial charge >= 0.3 is 0 Å². The molecule has 5 nitrogen and oxygen atoms in total. The second-order valence-corrected chi connectivity index (χ2v) is 8.03. The van der Waals surface area contributed by atoms with Gasteiger partial charge in [0.15, 0.2) is 0 Å². The quantitative estimate of drug-likeness (QED) is 0.253. The molecule has 0 bridgehead atoms. The number of unbranched alkanes of at least 4 members (excludes halogenated alkanes) is 11. The van der Waals surface area contributed by atoms with Gasteiger partial charge in [0, 0.05) is 6.61 Å². The van der Waals surface area contributed by atoms with Gasteiger partial charge in [-0.05, 0) is 32.1 Å². The number of rotatable bonds is 17. The van der Waals surface area contributed by atoms with Crippen LogP contribution in [0.5, 0.6) is 0 Å². The minimum Gasteiger partial charge on any atom is -0.394 e. The lowest BCUT2D eigenvalue weighted by Gasteiger charge is -2.36. The largest absolute Gasteiger partial charge is 0.394 e. The molecule has 1 fully saturated rings. The van der Waals surface area contributed by atoms with E-state index in [2.05, 4.69) is 19.1 Å². The van der Waals surface area contributed by atoms with E-state index >= 15 is 0 Å². The summed E-state index contributed by atoms with van der Waals surface area (Å²) in [4.78, 5) is 0. The lowest BCUT2D eigenvalue weighted by atomic mass is 10.0. The van der Waals surface area contributed by atoms with E-state index in [4.69, 9.17) is 14.6 Å². The van der Waals surface area contributed by atoms with Crippen LogP contribution in [0.1, 0.15) is 90.4 Å². The van der Waals surface area contributed by atoms with Gasteiger partial charge in [0.1, 0.15) is 24.4 Å². The summed E-state index contributed by atoms with van der Waals surface area (Å²) < 4.78 is 11.0. The summed E-state index contributed by atoms with van der Waals surface area (Å²) in [6.07, 6.45) is 17.8. The highest BCUT2D eigenvalue weighted by Gasteiger charge is 2.38. The van der Waals surface area contributed by atoms with Crippen LogP contribution >= 0.6 is 0 Å². The van der Waals surface area contributed by atoms with Crippen LogP contribution in [0.25, 0.3) is 0 Å². The molecule has 4 atom stereocenters. The van der Waals surface area contributed by atoms with E-state index in [0.717, 1.165) is 12.8 Å². The molecule has 0 aliphatic carbocycles. The van der Waals surface area contributed by atoms with Gasteiger partial charge in [-0.25, -0.2) is 0 Å². The van der Waals surface area contributed by atoms with E-state index in [1.165, 1.54) is 70.6 Å². The molecule has 0 aromatic rings. The number of aliphatic hydroxyl groups excluding tert-OH is 3. The monoisotopic (exact) mass is 400 g/mol. The number of ether oxygens (including phenoxy) is 2. The van der Waals surface area contributed by atoms with Crippen molar-refractivity contribution < 1.29 is 24.8 Å². The zero-order chi connectivity index (χ0) is 20.5. The number of hydrogen-bond acceptors (Lipinski definition) is 5. The Labute approximate surface area is 172 Å². The van der Waals surface area contributed by atoms with E-state index in [-0.39, 0.29) is 13.2 Å². The lowest BCUT2D eigenvalue weighted by molar-refractivity contribution is -0.208. The van der Waals surface area contributed by atoms with E-state index < -0.39 is 24.4 Å². The van der Waals surface area contributed by atoms with Gasteiger partial charge in [-0.1, -0.05) is 70.4 Å². The highest BCUT2D eigenvalue weighted by molar-refractivity contribution is 4.87. The Balaban J connectivity index is 1.86.